The normalized spacial score (nSPS) is 12.0. The molecule has 0 radical (unpaired) electrons. The largest absolute Gasteiger partial charge is 0.382 e. The molecule has 6 heteroatoms. The zero-order valence-electron chi connectivity index (χ0n) is 10.7. The predicted octanol–water partition coefficient (Wildman–Crippen LogP) is 3.57. The fraction of sp³-hybridized carbons (Fsp3) is 0.500. The molecule has 0 aliphatic rings. The Hall–Kier alpha value is -0.910. The number of hydrogen-bond donors (Lipinski definition) is 1. The molecule has 0 spiro atoms. The van der Waals surface area contributed by atoms with E-state index in [4.69, 9.17) is 16.3 Å². The lowest BCUT2D eigenvalue weighted by atomic mass is 10.1. The average molecular weight is 286 g/mol. The number of methoxy groups -OCH3 is 1. The molecule has 1 N–H and O–H groups in total. The van der Waals surface area contributed by atoms with Gasteiger partial charge < -0.3 is 10.1 Å². The lowest BCUT2D eigenvalue weighted by molar-refractivity contribution is 0.0185. The third kappa shape index (κ3) is 2.91. The Morgan fingerprint density at radius 1 is 1.39 bits per heavy atom. The summed E-state index contributed by atoms with van der Waals surface area (Å²) in [5, 5.41) is 4.00. The summed E-state index contributed by atoms with van der Waals surface area (Å²) in [6, 6.07) is 3.72. The Morgan fingerprint density at radius 2 is 2.17 bits per heavy atom. The fourth-order valence-corrected chi connectivity index (χ4v) is 2.35. The van der Waals surface area contributed by atoms with Crippen LogP contribution in [0.5, 0.6) is 0 Å². The molecule has 2 aromatic rings. The number of fused-ring (bicyclic) bond motifs is 1. The number of ether oxygens (including phenoxy) is 1. The highest BCUT2D eigenvalue weighted by molar-refractivity contribution is 7.00. The second-order valence-corrected chi connectivity index (χ2v) is 5.63. The van der Waals surface area contributed by atoms with Gasteiger partial charge in [-0.05, 0) is 32.4 Å². The van der Waals surface area contributed by atoms with Gasteiger partial charge in [-0.1, -0.05) is 11.6 Å². The first kappa shape index (κ1) is 13.5. The van der Waals surface area contributed by atoms with Crippen LogP contribution in [0, 0.1) is 0 Å². The SMILES string of the molecule is COC(C)(C)CCNc1c(Cl)ccc2nsnc12. The monoisotopic (exact) mass is 285 g/mol. The first-order valence-corrected chi connectivity index (χ1v) is 6.84. The molecule has 4 nitrogen and oxygen atoms in total. The third-order valence-electron chi connectivity index (χ3n) is 2.96. The van der Waals surface area contributed by atoms with Crippen LogP contribution in [0.25, 0.3) is 11.0 Å². The van der Waals surface area contributed by atoms with Crippen molar-refractivity contribution in [2.24, 2.45) is 0 Å². The van der Waals surface area contributed by atoms with E-state index in [-0.39, 0.29) is 5.60 Å². The van der Waals surface area contributed by atoms with Gasteiger partial charge in [-0.2, -0.15) is 8.75 Å². The van der Waals surface area contributed by atoms with Gasteiger partial charge in [-0.15, -0.1) is 0 Å². The summed E-state index contributed by atoms with van der Waals surface area (Å²) in [4.78, 5) is 0. The molecule has 1 heterocycles. The third-order valence-corrected chi connectivity index (χ3v) is 3.82. The van der Waals surface area contributed by atoms with E-state index in [9.17, 15) is 0 Å². The van der Waals surface area contributed by atoms with Gasteiger partial charge in [0.25, 0.3) is 0 Å². The molecule has 0 unspecified atom stereocenters. The van der Waals surface area contributed by atoms with Crippen molar-refractivity contribution in [1.29, 1.82) is 0 Å². The number of benzene rings is 1. The Balaban J connectivity index is 2.12. The second kappa shape index (κ2) is 5.38. The highest BCUT2D eigenvalue weighted by Crippen LogP contribution is 2.30. The van der Waals surface area contributed by atoms with Gasteiger partial charge in [0.2, 0.25) is 0 Å². The van der Waals surface area contributed by atoms with Gasteiger partial charge in [-0.3, -0.25) is 0 Å². The maximum absolute atomic E-state index is 6.19. The van der Waals surface area contributed by atoms with E-state index < -0.39 is 0 Å². The Morgan fingerprint density at radius 3 is 2.89 bits per heavy atom. The minimum absolute atomic E-state index is 0.145. The summed E-state index contributed by atoms with van der Waals surface area (Å²) >= 11 is 7.38. The van der Waals surface area contributed by atoms with Crippen molar-refractivity contribution in [3.05, 3.63) is 17.2 Å². The molecule has 0 saturated carbocycles. The van der Waals surface area contributed by atoms with Crippen molar-refractivity contribution in [1.82, 2.24) is 8.75 Å². The number of nitrogens with one attached hydrogen (secondary N) is 1. The Kier molecular flexibility index (Phi) is 4.04. The van der Waals surface area contributed by atoms with Crippen LogP contribution in [0.1, 0.15) is 20.3 Å². The number of rotatable bonds is 5. The predicted molar refractivity (Wildman–Crippen MR) is 76.6 cm³/mol. The number of halogens is 1. The van der Waals surface area contributed by atoms with Gasteiger partial charge in [0, 0.05) is 13.7 Å². The zero-order chi connectivity index (χ0) is 13.2. The number of aromatic nitrogens is 2. The molecule has 2 rings (SSSR count). The number of hydrogen-bond acceptors (Lipinski definition) is 5. The molecule has 0 aliphatic heterocycles. The van der Waals surface area contributed by atoms with Gasteiger partial charge in [-0.25, -0.2) is 0 Å². The Labute approximate surface area is 116 Å². The van der Waals surface area contributed by atoms with E-state index in [1.807, 2.05) is 12.1 Å². The topological polar surface area (TPSA) is 47.0 Å². The second-order valence-electron chi connectivity index (χ2n) is 4.69. The van der Waals surface area contributed by atoms with Crippen LogP contribution in [-0.2, 0) is 4.74 Å². The van der Waals surface area contributed by atoms with Crippen molar-refractivity contribution < 1.29 is 4.74 Å². The molecule has 0 fully saturated rings. The average Bonchev–Trinajstić information content (AvgIpc) is 2.80. The van der Waals surface area contributed by atoms with E-state index in [0.717, 1.165) is 29.7 Å². The zero-order valence-corrected chi connectivity index (χ0v) is 12.2. The number of nitrogens with zero attached hydrogens (tertiary/aromatic N) is 2. The minimum Gasteiger partial charge on any atom is -0.382 e. The van der Waals surface area contributed by atoms with Crippen LogP contribution in [0.4, 0.5) is 5.69 Å². The van der Waals surface area contributed by atoms with Gasteiger partial charge in [0.05, 0.1) is 28.0 Å². The van der Waals surface area contributed by atoms with Crippen molar-refractivity contribution in [2.45, 2.75) is 25.9 Å². The van der Waals surface area contributed by atoms with Crippen LogP contribution < -0.4 is 5.32 Å². The summed E-state index contributed by atoms with van der Waals surface area (Å²) in [7, 11) is 1.72. The van der Waals surface area contributed by atoms with Crippen LogP contribution in [0.15, 0.2) is 12.1 Å². The smallest absolute Gasteiger partial charge is 0.129 e. The molecule has 0 saturated heterocycles. The maximum Gasteiger partial charge on any atom is 0.129 e. The quantitative estimate of drug-likeness (QED) is 0.912. The highest BCUT2D eigenvalue weighted by Gasteiger charge is 2.16. The maximum atomic E-state index is 6.19. The van der Waals surface area contributed by atoms with Crippen molar-refractivity contribution in [3.8, 4) is 0 Å². The summed E-state index contributed by atoms with van der Waals surface area (Å²) in [6.07, 6.45) is 0.883. The molecule has 1 aromatic carbocycles. The summed E-state index contributed by atoms with van der Waals surface area (Å²) in [5.74, 6) is 0. The molecule has 98 valence electrons. The molecule has 0 aliphatic carbocycles. The number of anilines is 1. The van der Waals surface area contributed by atoms with Crippen molar-refractivity contribution >= 4 is 40.0 Å². The molecule has 0 atom stereocenters. The molecular formula is C12H16ClN3OS. The van der Waals surface area contributed by atoms with Crippen LogP contribution in [-0.4, -0.2) is 28.0 Å². The molecule has 0 amide bonds. The summed E-state index contributed by atoms with van der Waals surface area (Å²) in [5.41, 5.74) is 2.42. The summed E-state index contributed by atoms with van der Waals surface area (Å²) < 4.78 is 13.8. The van der Waals surface area contributed by atoms with Gasteiger partial charge in [0.1, 0.15) is 11.0 Å². The van der Waals surface area contributed by atoms with E-state index in [1.165, 1.54) is 11.7 Å². The summed E-state index contributed by atoms with van der Waals surface area (Å²) in [6.45, 7) is 4.89. The molecule has 18 heavy (non-hydrogen) atoms. The lowest BCUT2D eigenvalue weighted by Gasteiger charge is -2.23. The standard InChI is InChI=1S/C12H16ClN3OS/c1-12(2,17-3)6-7-14-10-8(13)4-5-9-11(10)16-18-15-9/h4-5,14H,6-7H2,1-3H3. The van der Waals surface area contributed by atoms with Crippen molar-refractivity contribution in [3.63, 3.8) is 0 Å². The van der Waals surface area contributed by atoms with E-state index in [1.54, 1.807) is 7.11 Å². The molecular weight excluding hydrogens is 270 g/mol. The van der Waals surface area contributed by atoms with E-state index in [0.29, 0.717) is 5.02 Å². The highest BCUT2D eigenvalue weighted by atomic mass is 35.5. The molecule has 1 aromatic heterocycles. The van der Waals surface area contributed by atoms with Crippen LogP contribution in [0.2, 0.25) is 5.02 Å². The fourth-order valence-electron chi connectivity index (χ4n) is 1.59. The van der Waals surface area contributed by atoms with E-state index in [2.05, 4.69) is 27.9 Å². The minimum atomic E-state index is -0.145. The van der Waals surface area contributed by atoms with Crippen LogP contribution in [0.3, 0.4) is 0 Å². The van der Waals surface area contributed by atoms with E-state index >= 15 is 0 Å². The van der Waals surface area contributed by atoms with Crippen LogP contribution >= 0.6 is 23.3 Å². The van der Waals surface area contributed by atoms with Gasteiger partial charge >= 0.3 is 0 Å². The Bertz CT molecular complexity index is 541. The van der Waals surface area contributed by atoms with Gasteiger partial charge in [0.15, 0.2) is 0 Å². The van der Waals surface area contributed by atoms with Crippen molar-refractivity contribution in [2.75, 3.05) is 19.0 Å². The first-order valence-electron chi connectivity index (χ1n) is 5.73. The lowest BCUT2D eigenvalue weighted by Crippen LogP contribution is -2.25. The molecule has 0 bridgehead atoms. The first-order chi connectivity index (χ1) is 8.53.